The molecule has 2 aromatic rings. The zero-order valence-corrected chi connectivity index (χ0v) is 24.5. The van der Waals surface area contributed by atoms with E-state index >= 15 is 0 Å². The summed E-state index contributed by atoms with van der Waals surface area (Å²) < 4.78 is 5.48. The lowest BCUT2D eigenvalue weighted by Gasteiger charge is -2.31. The van der Waals surface area contributed by atoms with E-state index in [1.54, 1.807) is 31.9 Å². The van der Waals surface area contributed by atoms with Gasteiger partial charge in [0, 0.05) is 31.3 Å². The topological polar surface area (TPSA) is 101 Å². The molecular formula is C33H42N4O4. The summed E-state index contributed by atoms with van der Waals surface area (Å²) in [6.07, 6.45) is 10.3. The minimum absolute atomic E-state index is 0.206. The molecule has 41 heavy (non-hydrogen) atoms. The molecular weight excluding hydrogens is 516 g/mol. The van der Waals surface area contributed by atoms with Crippen LogP contribution in [0.1, 0.15) is 70.7 Å². The Bertz CT molecular complexity index is 1250. The SMILES string of the molecule is CC1C=CC(C[C@H](NC(=O)OC(C)(C)C)C(=O)N2CCCC2C(=O)N[C@@H](Cc2ccccn2)c2ccccc2)=CC1. The highest BCUT2D eigenvalue weighted by Crippen LogP contribution is 2.25. The van der Waals surface area contributed by atoms with E-state index in [-0.39, 0.29) is 17.9 Å². The molecule has 2 heterocycles. The first-order valence-corrected chi connectivity index (χ1v) is 14.5. The van der Waals surface area contributed by atoms with Crippen LogP contribution in [0.15, 0.2) is 78.5 Å². The number of carbonyl (C=O) groups excluding carboxylic acids is 3. The molecule has 4 rings (SSSR count). The van der Waals surface area contributed by atoms with Gasteiger partial charge in [0.2, 0.25) is 11.8 Å². The van der Waals surface area contributed by atoms with Crippen molar-refractivity contribution in [3.63, 3.8) is 0 Å². The number of allylic oxidation sites excluding steroid dienone is 3. The second-order valence-corrected chi connectivity index (χ2v) is 11.9. The molecule has 0 bridgehead atoms. The molecule has 1 aromatic carbocycles. The summed E-state index contributed by atoms with van der Waals surface area (Å²) >= 11 is 0. The molecule has 8 nitrogen and oxygen atoms in total. The maximum Gasteiger partial charge on any atom is 0.408 e. The van der Waals surface area contributed by atoms with E-state index < -0.39 is 23.8 Å². The van der Waals surface area contributed by atoms with Crippen LogP contribution >= 0.6 is 0 Å². The summed E-state index contributed by atoms with van der Waals surface area (Å²) in [5, 5.41) is 6.00. The number of hydrogen-bond donors (Lipinski definition) is 2. The molecule has 218 valence electrons. The van der Waals surface area contributed by atoms with Crippen LogP contribution in [0.4, 0.5) is 4.79 Å². The molecule has 0 saturated carbocycles. The third-order valence-electron chi connectivity index (χ3n) is 7.32. The highest BCUT2D eigenvalue weighted by Gasteiger charge is 2.39. The molecule has 0 radical (unpaired) electrons. The van der Waals surface area contributed by atoms with Gasteiger partial charge in [-0.2, -0.15) is 0 Å². The van der Waals surface area contributed by atoms with Gasteiger partial charge in [-0.25, -0.2) is 4.79 Å². The second kappa shape index (κ2) is 13.6. The molecule has 2 N–H and O–H groups in total. The Labute approximate surface area is 243 Å². The van der Waals surface area contributed by atoms with E-state index in [0.717, 1.165) is 23.3 Å². The first kappa shape index (κ1) is 30.0. The number of amides is 3. The Morgan fingerprint density at radius 2 is 1.80 bits per heavy atom. The molecule has 2 aliphatic rings. The summed E-state index contributed by atoms with van der Waals surface area (Å²) in [4.78, 5) is 46.5. The number of ether oxygens (including phenoxy) is 1. The molecule has 0 spiro atoms. The van der Waals surface area contributed by atoms with Crippen LogP contribution in [0.25, 0.3) is 0 Å². The van der Waals surface area contributed by atoms with Crippen LogP contribution in [0.5, 0.6) is 0 Å². The third-order valence-corrected chi connectivity index (χ3v) is 7.32. The smallest absolute Gasteiger partial charge is 0.408 e. The molecule has 4 atom stereocenters. The number of hydrogen-bond acceptors (Lipinski definition) is 5. The number of likely N-dealkylation sites (tertiary alicyclic amines) is 1. The number of nitrogens with zero attached hydrogens (tertiary/aromatic N) is 2. The third kappa shape index (κ3) is 8.77. The summed E-state index contributed by atoms with van der Waals surface area (Å²) in [6.45, 7) is 7.94. The summed E-state index contributed by atoms with van der Waals surface area (Å²) in [5.41, 5.74) is 2.12. The highest BCUT2D eigenvalue weighted by molar-refractivity contribution is 5.92. The molecule has 2 unspecified atom stereocenters. The van der Waals surface area contributed by atoms with Gasteiger partial charge in [-0.05, 0) is 69.2 Å². The number of carbonyl (C=O) groups is 3. The summed E-state index contributed by atoms with van der Waals surface area (Å²) in [5.74, 6) is -0.0494. The Hall–Kier alpha value is -3.94. The van der Waals surface area contributed by atoms with Gasteiger partial charge in [0.15, 0.2) is 0 Å². The number of aromatic nitrogens is 1. The quantitative estimate of drug-likeness (QED) is 0.436. The molecule has 1 aromatic heterocycles. The van der Waals surface area contributed by atoms with Gasteiger partial charge in [0.25, 0.3) is 0 Å². The Balaban J connectivity index is 1.51. The van der Waals surface area contributed by atoms with Gasteiger partial charge in [0.05, 0.1) is 6.04 Å². The van der Waals surface area contributed by atoms with Crippen molar-refractivity contribution in [2.24, 2.45) is 5.92 Å². The Morgan fingerprint density at radius 1 is 1.05 bits per heavy atom. The first-order chi connectivity index (χ1) is 19.6. The van der Waals surface area contributed by atoms with Crippen LogP contribution in [-0.2, 0) is 20.7 Å². The molecule has 8 heteroatoms. The van der Waals surface area contributed by atoms with Gasteiger partial charge < -0.3 is 20.3 Å². The van der Waals surface area contributed by atoms with Crippen molar-refractivity contribution in [2.75, 3.05) is 6.54 Å². The molecule has 3 amide bonds. The first-order valence-electron chi connectivity index (χ1n) is 14.5. The minimum Gasteiger partial charge on any atom is -0.444 e. The van der Waals surface area contributed by atoms with Crippen LogP contribution in [0.3, 0.4) is 0 Å². The molecule has 1 fully saturated rings. The van der Waals surface area contributed by atoms with Gasteiger partial charge in [0.1, 0.15) is 17.7 Å². The van der Waals surface area contributed by atoms with Gasteiger partial charge >= 0.3 is 6.09 Å². The van der Waals surface area contributed by atoms with E-state index in [1.165, 1.54) is 0 Å². The van der Waals surface area contributed by atoms with E-state index in [1.807, 2.05) is 54.6 Å². The Kier molecular flexibility index (Phi) is 9.97. The van der Waals surface area contributed by atoms with Crippen molar-refractivity contribution in [1.29, 1.82) is 0 Å². The fourth-order valence-electron chi connectivity index (χ4n) is 5.25. The molecule has 1 aliphatic carbocycles. The average molecular weight is 559 g/mol. The van der Waals surface area contributed by atoms with Crippen molar-refractivity contribution < 1.29 is 19.1 Å². The van der Waals surface area contributed by atoms with E-state index in [2.05, 4.69) is 34.7 Å². The fraction of sp³-hybridized carbons (Fsp3) is 0.455. The molecule has 1 saturated heterocycles. The van der Waals surface area contributed by atoms with Gasteiger partial charge in [-0.3, -0.25) is 14.6 Å². The van der Waals surface area contributed by atoms with Crippen molar-refractivity contribution in [3.05, 3.63) is 89.8 Å². The maximum absolute atomic E-state index is 14.0. The lowest BCUT2D eigenvalue weighted by Crippen LogP contribution is -2.54. The highest BCUT2D eigenvalue weighted by atomic mass is 16.6. The van der Waals surface area contributed by atoms with Crippen LogP contribution in [0.2, 0.25) is 0 Å². The van der Waals surface area contributed by atoms with Crippen LogP contribution in [-0.4, -0.2) is 52.0 Å². The number of rotatable bonds is 9. The minimum atomic E-state index is -0.846. The standard InChI is InChI=1S/C33H42N4O4/c1-23-15-17-24(18-16-23)21-28(36-32(40)41-33(2,3)4)31(39)37-20-10-14-29(37)30(38)35-27(25-11-6-5-7-12-25)22-26-13-8-9-19-34-26/h5-9,11-13,15,17-19,23,27-29H,10,14,16,20-22H2,1-4H3,(H,35,38)(H,36,40)/t23?,27-,28-,29?/m0/s1. The molecule has 1 aliphatic heterocycles. The summed E-state index contributed by atoms with van der Waals surface area (Å²) in [6, 6.07) is 13.8. The fourth-order valence-corrected chi connectivity index (χ4v) is 5.25. The second-order valence-electron chi connectivity index (χ2n) is 11.9. The normalized spacial score (nSPS) is 20.1. The Morgan fingerprint density at radius 3 is 2.46 bits per heavy atom. The number of alkyl carbamates (subject to hydrolysis) is 1. The largest absolute Gasteiger partial charge is 0.444 e. The zero-order valence-electron chi connectivity index (χ0n) is 24.5. The lowest BCUT2D eigenvalue weighted by molar-refractivity contribution is -0.140. The van der Waals surface area contributed by atoms with E-state index in [9.17, 15) is 14.4 Å². The van der Waals surface area contributed by atoms with E-state index in [0.29, 0.717) is 38.1 Å². The van der Waals surface area contributed by atoms with Gasteiger partial charge in [-0.1, -0.05) is 61.5 Å². The van der Waals surface area contributed by atoms with Crippen molar-refractivity contribution in [3.8, 4) is 0 Å². The predicted octanol–water partition coefficient (Wildman–Crippen LogP) is 5.28. The maximum atomic E-state index is 14.0. The van der Waals surface area contributed by atoms with Crippen molar-refractivity contribution >= 4 is 17.9 Å². The summed E-state index contributed by atoms with van der Waals surface area (Å²) in [7, 11) is 0. The van der Waals surface area contributed by atoms with E-state index in [4.69, 9.17) is 4.74 Å². The average Bonchev–Trinajstić information content (AvgIpc) is 3.43. The monoisotopic (exact) mass is 558 g/mol. The lowest BCUT2D eigenvalue weighted by atomic mass is 9.94. The van der Waals surface area contributed by atoms with Gasteiger partial charge in [-0.15, -0.1) is 0 Å². The van der Waals surface area contributed by atoms with Crippen molar-refractivity contribution in [2.45, 2.75) is 83.5 Å². The zero-order chi connectivity index (χ0) is 29.4. The van der Waals surface area contributed by atoms with Crippen LogP contribution < -0.4 is 10.6 Å². The number of pyridine rings is 1. The number of nitrogens with one attached hydrogen (secondary N) is 2. The predicted molar refractivity (Wildman–Crippen MR) is 159 cm³/mol. The number of benzene rings is 1. The van der Waals surface area contributed by atoms with Crippen LogP contribution in [0, 0.1) is 5.92 Å². The van der Waals surface area contributed by atoms with Crippen molar-refractivity contribution in [1.82, 2.24) is 20.5 Å².